The van der Waals surface area contributed by atoms with Crippen LogP contribution in [-0.2, 0) is 0 Å². The molecule has 1 saturated heterocycles. The molecule has 2 atom stereocenters. The van der Waals surface area contributed by atoms with Gasteiger partial charge in [0.2, 0.25) is 0 Å². The number of hydrogen-bond donors (Lipinski definition) is 0. The molecule has 0 radical (unpaired) electrons. The molecular weight excluding hydrogens is 484 g/mol. The number of nitrogens with zero attached hydrogens (tertiary/aromatic N) is 1. The Morgan fingerprint density at radius 3 is 1.32 bits per heavy atom. The molecule has 6 rings (SSSR count). The van der Waals surface area contributed by atoms with Crippen molar-refractivity contribution in [2.75, 3.05) is 0 Å². The van der Waals surface area contributed by atoms with Crippen molar-refractivity contribution in [3.05, 3.63) is 132 Å². The predicted octanol–water partition coefficient (Wildman–Crippen LogP) is 9.34. The van der Waals surface area contributed by atoms with Crippen molar-refractivity contribution in [2.45, 2.75) is 62.3 Å². The van der Waals surface area contributed by atoms with Gasteiger partial charge in [-0.1, -0.05) is 141 Å². The minimum atomic E-state index is -0.620. The number of benzene rings is 4. The predicted molar refractivity (Wildman–Crippen MR) is 162 cm³/mol. The van der Waals surface area contributed by atoms with Crippen molar-refractivity contribution in [1.29, 1.82) is 0 Å². The van der Waals surface area contributed by atoms with E-state index in [1.54, 1.807) is 11.1 Å². The third-order valence-electron chi connectivity index (χ3n) is 8.07. The SMILES string of the molecule is c1ccc([C@@H]2CC[C@@H](c3ccccc3)P2N(C2CCCCC2)P(c2ccccc2)c2ccccc2)cc1. The molecule has 2 aliphatic rings. The van der Waals surface area contributed by atoms with E-state index in [0.717, 1.165) is 0 Å². The molecule has 0 unspecified atom stereocenters. The smallest absolute Gasteiger partial charge is 0.0321 e. The van der Waals surface area contributed by atoms with Crippen molar-refractivity contribution >= 4 is 26.8 Å². The van der Waals surface area contributed by atoms with Gasteiger partial charge in [-0.2, -0.15) is 0 Å². The van der Waals surface area contributed by atoms with E-state index in [0.29, 0.717) is 17.4 Å². The standard InChI is InChI=1S/C34H37NP2/c1-6-16-28(17-7-1)33-26-27-34(29-18-8-2-9-19-29)37(33)35(30-20-10-3-11-21-30)36(31-22-12-4-13-23-31)32-24-14-5-15-25-32/h1-2,4-9,12-19,22-25,30,33-34H,3,10-11,20-21,26-27H2/t33-,34-/m0/s1. The molecule has 37 heavy (non-hydrogen) atoms. The first-order valence-electron chi connectivity index (χ1n) is 14.0. The maximum absolute atomic E-state index is 3.15. The first-order valence-corrected chi connectivity index (χ1v) is 16.7. The molecule has 1 saturated carbocycles. The van der Waals surface area contributed by atoms with E-state index in [4.69, 9.17) is 0 Å². The van der Waals surface area contributed by atoms with Crippen molar-refractivity contribution in [2.24, 2.45) is 0 Å². The van der Waals surface area contributed by atoms with Gasteiger partial charge in [-0.05, 0) is 55.5 Å². The highest BCUT2D eigenvalue weighted by Crippen LogP contribution is 2.77. The van der Waals surface area contributed by atoms with E-state index in [-0.39, 0.29) is 0 Å². The summed E-state index contributed by atoms with van der Waals surface area (Å²) in [6, 6.07) is 46.6. The summed E-state index contributed by atoms with van der Waals surface area (Å²) in [4.78, 5) is 0. The Bertz CT molecular complexity index is 1140. The largest absolute Gasteiger partial charge is 0.248 e. The Labute approximate surface area is 225 Å². The van der Waals surface area contributed by atoms with Crippen molar-refractivity contribution in [1.82, 2.24) is 4.44 Å². The topological polar surface area (TPSA) is 3.24 Å². The first-order chi connectivity index (χ1) is 18.4. The summed E-state index contributed by atoms with van der Waals surface area (Å²) in [5.74, 6) is 0. The van der Waals surface area contributed by atoms with Gasteiger partial charge in [0.15, 0.2) is 0 Å². The van der Waals surface area contributed by atoms with Gasteiger partial charge < -0.3 is 0 Å². The molecule has 0 N–H and O–H groups in total. The summed E-state index contributed by atoms with van der Waals surface area (Å²) < 4.78 is 3.15. The van der Waals surface area contributed by atoms with Gasteiger partial charge in [0, 0.05) is 25.4 Å². The molecule has 188 valence electrons. The zero-order valence-electron chi connectivity index (χ0n) is 21.6. The van der Waals surface area contributed by atoms with Crippen molar-refractivity contribution < 1.29 is 0 Å². The summed E-state index contributed by atoms with van der Waals surface area (Å²) in [7, 11) is -1.06. The fourth-order valence-electron chi connectivity index (χ4n) is 6.36. The van der Waals surface area contributed by atoms with Gasteiger partial charge in [-0.3, -0.25) is 0 Å². The van der Waals surface area contributed by atoms with Crippen LogP contribution >= 0.6 is 16.1 Å². The second-order valence-electron chi connectivity index (χ2n) is 10.4. The average Bonchev–Trinajstić information content (AvgIpc) is 3.43. The Balaban J connectivity index is 1.54. The quantitative estimate of drug-likeness (QED) is 0.219. The molecule has 1 nitrogen and oxygen atoms in total. The zero-order valence-corrected chi connectivity index (χ0v) is 23.4. The molecule has 0 aromatic heterocycles. The molecule has 0 bridgehead atoms. The normalized spacial score (nSPS) is 21.0. The van der Waals surface area contributed by atoms with Crippen LogP contribution in [-0.4, -0.2) is 10.5 Å². The molecule has 2 fully saturated rings. The van der Waals surface area contributed by atoms with Crippen LogP contribution in [0.1, 0.15) is 67.4 Å². The molecule has 1 aliphatic heterocycles. The van der Waals surface area contributed by atoms with Crippen LogP contribution in [0.4, 0.5) is 0 Å². The highest BCUT2D eigenvalue weighted by atomic mass is 31.2. The van der Waals surface area contributed by atoms with Gasteiger partial charge in [-0.15, -0.1) is 0 Å². The van der Waals surface area contributed by atoms with E-state index in [1.807, 2.05) is 0 Å². The highest BCUT2D eigenvalue weighted by Gasteiger charge is 2.46. The monoisotopic (exact) mass is 521 g/mol. The van der Waals surface area contributed by atoms with Crippen LogP contribution < -0.4 is 10.6 Å². The Hall–Kier alpha value is -2.30. The molecule has 1 heterocycles. The first kappa shape index (κ1) is 25.0. The minimum Gasteiger partial charge on any atom is -0.248 e. The lowest BCUT2D eigenvalue weighted by Gasteiger charge is -2.48. The average molecular weight is 522 g/mol. The zero-order chi connectivity index (χ0) is 24.9. The van der Waals surface area contributed by atoms with Crippen LogP contribution in [0.5, 0.6) is 0 Å². The molecule has 4 aromatic carbocycles. The summed E-state index contributed by atoms with van der Waals surface area (Å²) >= 11 is 0. The number of hydrogen-bond acceptors (Lipinski definition) is 1. The van der Waals surface area contributed by atoms with E-state index >= 15 is 0 Å². The Kier molecular flexibility index (Phi) is 8.14. The third-order valence-corrected chi connectivity index (χ3v) is 14.7. The van der Waals surface area contributed by atoms with Gasteiger partial charge in [0.1, 0.15) is 0 Å². The minimum absolute atomic E-state index is 0.435. The van der Waals surface area contributed by atoms with Crippen LogP contribution in [0.2, 0.25) is 0 Å². The van der Waals surface area contributed by atoms with Gasteiger partial charge in [-0.25, -0.2) is 4.44 Å². The summed E-state index contributed by atoms with van der Waals surface area (Å²) in [5.41, 5.74) is 4.31. The molecule has 0 spiro atoms. The van der Waals surface area contributed by atoms with E-state index < -0.39 is 16.1 Å². The van der Waals surface area contributed by atoms with Crippen LogP contribution in [0.25, 0.3) is 0 Å². The molecular formula is C34H37NP2. The van der Waals surface area contributed by atoms with E-state index in [1.165, 1.54) is 55.6 Å². The highest BCUT2D eigenvalue weighted by molar-refractivity contribution is 7.79. The van der Waals surface area contributed by atoms with E-state index in [2.05, 4.69) is 126 Å². The second-order valence-corrected chi connectivity index (χ2v) is 15.2. The van der Waals surface area contributed by atoms with Gasteiger partial charge >= 0.3 is 0 Å². The molecule has 1 aliphatic carbocycles. The fourth-order valence-corrected chi connectivity index (χ4v) is 14.2. The van der Waals surface area contributed by atoms with E-state index in [9.17, 15) is 0 Å². The van der Waals surface area contributed by atoms with Crippen LogP contribution in [0.3, 0.4) is 0 Å². The maximum Gasteiger partial charge on any atom is 0.0321 e. The van der Waals surface area contributed by atoms with Crippen molar-refractivity contribution in [3.63, 3.8) is 0 Å². The molecule has 3 heteroatoms. The fraction of sp³-hybridized carbons (Fsp3) is 0.294. The number of rotatable bonds is 7. The maximum atomic E-state index is 3.15. The Morgan fingerprint density at radius 1 is 0.486 bits per heavy atom. The molecule has 0 amide bonds. The summed E-state index contributed by atoms with van der Waals surface area (Å²) in [5, 5.41) is 3.00. The Morgan fingerprint density at radius 2 is 0.892 bits per heavy atom. The third kappa shape index (κ3) is 5.47. The van der Waals surface area contributed by atoms with Gasteiger partial charge in [0.05, 0.1) is 0 Å². The molecule has 4 aromatic rings. The summed E-state index contributed by atoms with van der Waals surface area (Å²) in [6.45, 7) is 0. The van der Waals surface area contributed by atoms with Crippen LogP contribution in [0.15, 0.2) is 121 Å². The summed E-state index contributed by atoms with van der Waals surface area (Å²) in [6.07, 6.45) is 9.35. The lowest BCUT2D eigenvalue weighted by atomic mass is 9.96. The lowest BCUT2D eigenvalue weighted by Crippen LogP contribution is -2.36. The van der Waals surface area contributed by atoms with Crippen molar-refractivity contribution in [3.8, 4) is 0 Å². The van der Waals surface area contributed by atoms with Gasteiger partial charge in [0.25, 0.3) is 0 Å². The second kappa shape index (κ2) is 12.0. The lowest BCUT2D eigenvalue weighted by molar-refractivity contribution is 0.351. The van der Waals surface area contributed by atoms with Crippen LogP contribution in [0, 0.1) is 0 Å².